The SMILES string of the molecule is CCCNc1nc(N2CCOC(C)C2)cc(C(F)(F)F)n1. The average Bonchev–Trinajstić information content (AvgIpc) is 2.44. The molecule has 2 heterocycles. The predicted octanol–water partition coefficient (Wildman–Crippen LogP) is 2.54. The molecule has 1 fully saturated rings. The van der Waals surface area contributed by atoms with Crippen LogP contribution in [-0.2, 0) is 10.9 Å². The van der Waals surface area contributed by atoms with Gasteiger partial charge in [0.2, 0.25) is 5.95 Å². The monoisotopic (exact) mass is 304 g/mol. The van der Waals surface area contributed by atoms with Crippen molar-refractivity contribution in [1.82, 2.24) is 9.97 Å². The van der Waals surface area contributed by atoms with Gasteiger partial charge in [-0.3, -0.25) is 0 Å². The Kier molecular flexibility index (Phi) is 4.87. The number of nitrogens with zero attached hydrogens (tertiary/aromatic N) is 3. The lowest BCUT2D eigenvalue weighted by Gasteiger charge is -2.32. The summed E-state index contributed by atoms with van der Waals surface area (Å²) in [4.78, 5) is 9.54. The Bertz CT molecular complexity index is 481. The third-order valence-corrected chi connectivity index (χ3v) is 3.10. The second-order valence-electron chi connectivity index (χ2n) is 4.99. The molecule has 0 radical (unpaired) electrons. The Hall–Kier alpha value is -1.57. The molecule has 1 N–H and O–H groups in total. The molecule has 1 aromatic rings. The number of hydrogen-bond donors (Lipinski definition) is 1. The van der Waals surface area contributed by atoms with Gasteiger partial charge >= 0.3 is 6.18 Å². The third kappa shape index (κ3) is 4.20. The summed E-state index contributed by atoms with van der Waals surface area (Å²) in [6.45, 7) is 5.84. The molecule has 1 saturated heterocycles. The average molecular weight is 304 g/mol. The fourth-order valence-corrected chi connectivity index (χ4v) is 2.08. The van der Waals surface area contributed by atoms with Crippen LogP contribution in [-0.4, -0.2) is 42.3 Å². The van der Waals surface area contributed by atoms with Gasteiger partial charge in [0.05, 0.1) is 12.7 Å². The van der Waals surface area contributed by atoms with E-state index in [9.17, 15) is 13.2 Å². The summed E-state index contributed by atoms with van der Waals surface area (Å²) in [6, 6.07) is 0.995. The Morgan fingerprint density at radius 1 is 1.43 bits per heavy atom. The van der Waals surface area contributed by atoms with Crippen LogP contribution in [0.25, 0.3) is 0 Å². The molecule has 1 atom stereocenters. The molecule has 0 aromatic carbocycles. The second-order valence-corrected chi connectivity index (χ2v) is 4.99. The van der Waals surface area contributed by atoms with Gasteiger partial charge in [0.15, 0.2) is 5.69 Å². The van der Waals surface area contributed by atoms with Crippen molar-refractivity contribution in [1.29, 1.82) is 0 Å². The molecule has 1 unspecified atom stereocenters. The summed E-state index contributed by atoms with van der Waals surface area (Å²) in [6.07, 6.45) is -3.74. The number of alkyl halides is 3. The molecule has 1 aromatic heterocycles. The Morgan fingerprint density at radius 2 is 2.19 bits per heavy atom. The first-order chi connectivity index (χ1) is 9.90. The van der Waals surface area contributed by atoms with E-state index in [4.69, 9.17) is 4.74 Å². The number of rotatable bonds is 4. The van der Waals surface area contributed by atoms with E-state index in [1.807, 2.05) is 13.8 Å². The largest absolute Gasteiger partial charge is 0.433 e. The van der Waals surface area contributed by atoms with Crippen LogP contribution in [0.15, 0.2) is 6.07 Å². The first-order valence-corrected chi connectivity index (χ1v) is 6.97. The molecule has 0 amide bonds. The summed E-state index contributed by atoms with van der Waals surface area (Å²) >= 11 is 0. The Labute approximate surface area is 121 Å². The first-order valence-electron chi connectivity index (χ1n) is 6.97. The molecule has 118 valence electrons. The molecule has 8 heteroatoms. The van der Waals surface area contributed by atoms with E-state index in [0.717, 1.165) is 12.5 Å². The van der Waals surface area contributed by atoms with Crippen molar-refractivity contribution in [3.63, 3.8) is 0 Å². The zero-order valence-electron chi connectivity index (χ0n) is 12.1. The van der Waals surface area contributed by atoms with Gasteiger partial charge in [-0.05, 0) is 13.3 Å². The maximum Gasteiger partial charge on any atom is 0.433 e. The van der Waals surface area contributed by atoms with E-state index in [0.29, 0.717) is 26.2 Å². The minimum absolute atomic E-state index is 0.0146. The van der Waals surface area contributed by atoms with Gasteiger partial charge in [-0.1, -0.05) is 6.92 Å². The van der Waals surface area contributed by atoms with Crippen molar-refractivity contribution < 1.29 is 17.9 Å². The van der Waals surface area contributed by atoms with E-state index in [1.54, 1.807) is 4.90 Å². The van der Waals surface area contributed by atoms with E-state index < -0.39 is 11.9 Å². The van der Waals surface area contributed by atoms with Gasteiger partial charge in [-0.15, -0.1) is 0 Å². The van der Waals surface area contributed by atoms with Crippen LogP contribution in [0.2, 0.25) is 0 Å². The van der Waals surface area contributed by atoms with E-state index in [-0.39, 0.29) is 17.9 Å². The summed E-state index contributed by atoms with van der Waals surface area (Å²) in [5.41, 5.74) is -0.926. The van der Waals surface area contributed by atoms with Crippen molar-refractivity contribution in [2.24, 2.45) is 0 Å². The maximum absolute atomic E-state index is 13.0. The minimum Gasteiger partial charge on any atom is -0.375 e. The Morgan fingerprint density at radius 3 is 2.81 bits per heavy atom. The van der Waals surface area contributed by atoms with Crippen molar-refractivity contribution in [2.75, 3.05) is 36.5 Å². The lowest BCUT2D eigenvalue weighted by molar-refractivity contribution is -0.141. The van der Waals surface area contributed by atoms with E-state index in [1.165, 1.54) is 0 Å². The van der Waals surface area contributed by atoms with Gasteiger partial charge in [-0.2, -0.15) is 18.2 Å². The summed E-state index contributed by atoms with van der Waals surface area (Å²) < 4.78 is 44.3. The molecule has 21 heavy (non-hydrogen) atoms. The topological polar surface area (TPSA) is 50.3 Å². The fourth-order valence-electron chi connectivity index (χ4n) is 2.08. The van der Waals surface area contributed by atoms with Gasteiger partial charge in [0.25, 0.3) is 0 Å². The van der Waals surface area contributed by atoms with Gasteiger partial charge in [-0.25, -0.2) is 4.98 Å². The Balaban J connectivity index is 2.30. The van der Waals surface area contributed by atoms with Crippen LogP contribution in [0.5, 0.6) is 0 Å². The lowest BCUT2D eigenvalue weighted by atomic mass is 10.3. The normalized spacial score (nSPS) is 19.7. The number of nitrogens with one attached hydrogen (secondary N) is 1. The molecule has 0 bridgehead atoms. The second kappa shape index (κ2) is 6.46. The van der Waals surface area contributed by atoms with Crippen molar-refractivity contribution in [3.8, 4) is 0 Å². The molecule has 5 nitrogen and oxygen atoms in total. The summed E-state index contributed by atoms with van der Waals surface area (Å²) in [5.74, 6) is 0.298. The van der Waals surface area contributed by atoms with E-state index >= 15 is 0 Å². The maximum atomic E-state index is 13.0. The molecule has 0 aliphatic carbocycles. The zero-order valence-corrected chi connectivity index (χ0v) is 12.1. The fraction of sp³-hybridized carbons (Fsp3) is 0.692. The first kappa shape index (κ1) is 15.8. The lowest BCUT2D eigenvalue weighted by Crippen LogP contribution is -2.41. The summed E-state index contributed by atoms with van der Waals surface area (Å²) in [7, 11) is 0. The van der Waals surface area contributed by atoms with Crippen molar-refractivity contribution >= 4 is 11.8 Å². The summed E-state index contributed by atoms with van der Waals surface area (Å²) in [5, 5.41) is 2.82. The van der Waals surface area contributed by atoms with Gasteiger partial charge in [0.1, 0.15) is 5.82 Å². The quantitative estimate of drug-likeness (QED) is 0.926. The number of halogens is 3. The van der Waals surface area contributed by atoms with Crippen LogP contribution in [0.4, 0.5) is 24.9 Å². The molecular formula is C13H19F3N4O. The smallest absolute Gasteiger partial charge is 0.375 e. The van der Waals surface area contributed by atoms with E-state index in [2.05, 4.69) is 15.3 Å². The minimum atomic E-state index is -4.49. The van der Waals surface area contributed by atoms with Crippen molar-refractivity contribution in [3.05, 3.63) is 11.8 Å². The number of morpholine rings is 1. The highest BCUT2D eigenvalue weighted by molar-refractivity contribution is 5.46. The van der Waals surface area contributed by atoms with Crippen LogP contribution >= 0.6 is 0 Å². The van der Waals surface area contributed by atoms with Gasteiger partial charge in [0, 0.05) is 25.7 Å². The van der Waals surface area contributed by atoms with Gasteiger partial charge < -0.3 is 15.0 Å². The van der Waals surface area contributed by atoms with Crippen LogP contribution in [0.1, 0.15) is 26.0 Å². The van der Waals surface area contributed by atoms with Crippen LogP contribution in [0, 0.1) is 0 Å². The molecule has 1 aliphatic heterocycles. The molecule has 1 aliphatic rings. The highest BCUT2D eigenvalue weighted by Crippen LogP contribution is 2.31. The molecule has 0 saturated carbocycles. The zero-order chi connectivity index (χ0) is 15.5. The van der Waals surface area contributed by atoms with Crippen LogP contribution < -0.4 is 10.2 Å². The highest BCUT2D eigenvalue weighted by atomic mass is 19.4. The number of anilines is 2. The van der Waals surface area contributed by atoms with Crippen molar-refractivity contribution in [2.45, 2.75) is 32.5 Å². The predicted molar refractivity (Wildman–Crippen MR) is 73.4 cm³/mol. The molecular weight excluding hydrogens is 285 g/mol. The molecule has 0 spiro atoms. The van der Waals surface area contributed by atoms with Crippen LogP contribution in [0.3, 0.4) is 0 Å². The third-order valence-electron chi connectivity index (χ3n) is 3.10. The highest BCUT2D eigenvalue weighted by Gasteiger charge is 2.34. The number of hydrogen-bond acceptors (Lipinski definition) is 5. The standard InChI is InChI=1S/C13H19F3N4O/c1-3-4-17-12-18-10(13(14,15)16)7-11(19-12)20-5-6-21-9(2)8-20/h7,9H,3-6,8H2,1-2H3,(H,17,18,19). The molecule has 2 rings (SSSR count). The number of ether oxygens (including phenoxy) is 1. The number of aromatic nitrogens is 2.